The summed E-state index contributed by atoms with van der Waals surface area (Å²) >= 11 is 3.65. The van der Waals surface area contributed by atoms with E-state index >= 15 is 0 Å². The van der Waals surface area contributed by atoms with Crippen molar-refractivity contribution in [2.45, 2.75) is 32.6 Å². The highest BCUT2D eigenvalue weighted by Gasteiger charge is 2.33. The molecule has 0 amide bonds. The maximum absolute atomic E-state index is 3.65. The van der Waals surface area contributed by atoms with Crippen LogP contribution in [0.2, 0.25) is 0 Å². The van der Waals surface area contributed by atoms with Crippen LogP contribution in [0.5, 0.6) is 0 Å². The van der Waals surface area contributed by atoms with Gasteiger partial charge in [0.1, 0.15) is 0 Å². The van der Waals surface area contributed by atoms with Crippen molar-refractivity contribution >= 4 is 21.6 Å². The van der Waals surface area contributed by atoms with Gasteiger partial charge >= 0.3 is 0 Å². The molecule has 1 aliphatic rings. The molecule has 1 nitrogen and oxygen atoms in total. The highest BCUT2D eigenvalue weighted by molar-refractivity contribution is 9.10. The Bertz CT molecular complexity index is 373. The Morgan fingerprint density at radius 2 is 2.21 bits per heavy atom. The van der Waals surface area contributed by atoms with Crippen LogP contribution in [0.1, 0.15) is 31.4 Å². The summed E-state index contributed by atoms with van der Waals surface area (Å²) in [6.45, 7) is 7.77. The summed E-state index contributed by atoms with van der Waals surface area (Å²) in [6.07, 6.45) is 1.18. The SMILES string of the molecule is CCC1(C)CNc2c1ccc(C)c2Br. The van der Waals surface area contributed by atoms with Crippen LogP contribution in [0, 0.1) is 6.92 Å². The highest BCUT2D eigenvalue weighted by Crippen LogP contribution is 2.43. The summed E-state index contributed by atoms with van der Waals surface area (Å²) in [5.74, 6) is 0. The minimum atomic E-state index is 0.311. The van der Waals surface area contributed by atoms with Crippen molar-refractivity contribution in [1.29, 1.82) is 0 Å². The lowest BCUT2D eigenvalue weighted by molar-refractivity contribution is 0.504. The summed E-state index contributed by atoms with van der Waals surface area (Å²) in [5, 5.41) is 3.50. The molecule has 1 unspecified atom stereocenters. The maximum atomic E-state index is 3.65. The molecule has 1 heterocycles. The Hall–Kier alpha value is -0.500. The molecule has 1 aromatic rings. The van der Waals surface area contributed by atoms with E-state index < -0.39 is 0 Å². The van der Waals surface area contributed by atoms with Crippen LogP contribution in [-0.2, 0) is 5.41 Å². The van der Waals surface area contributed by atoms with E-state index in [1.807, 2.05) is 0 Å². The molecule has 0 saturated heterocycles. The zero-order valence-electron chi connectivity index (χ0n) is 8.95. The third-order valence-corrected chi connectivity index (χ3v) is 4.44. The number of benzene rings is 1. The molecule has 76 valence electrons. The van der Waals surface area contributed by atoms with E-state index in [2.05, 4.69) is 54.2 Å². The first kappa shape index (κ1) is 10.0. The third-order valence-electron chi connectivity index (χ3n) is 3.42. The Morgan fingerprint density at radius 3 is 2.86 bits per heavy atom. The Labute approximate surface area is 94.0 Å². The van der Waals surface area contributed by atoms with Crippen LogP contribution >= 0.6 is 15.9 Å². The van der Waals surface area contributed by atoms with Crippen molar-refractivity contribution in [1.82, 2.24) is 0 Å². The van der Waals surface area contributed by atoms with Gasteiger partial charge in [0.2, 0.25) is 0 Å². The van der Waals surface area contributed by atoms with E-state index in [1.54, 1.807) is 0 Å². The van der Waals surface area contributed by atoms with Crippen LogP contribution < -0.4 is 5.32 Å². The molecule has 1 aliphatic heterocycles. The molecule has 1 aromatic carbocycles. The predicted molar refractivity (Wildman–Crippen MR) is 65.0 cm³/mol. The second-order valence-electron chi connectivity index (χ2n) is 4.39. The zero-order chi connectivity index (χ0) is 10.3. The Balaban J connectivity index is 2.58. The average molecular weight is 254 g/mol. The molecule has 0 aromatic heterocycles. The summed E-state index contributed by atoms with van der Waals surface area (Å²) in [7, 11) is 0. The number of rotatable bonds is 1. The minimum Gasteiger partial charge on any atom is -0.383 e. The van der Waals surface area contributed by atoms with Gasteiger partial charge in [0, 0.05) is 16.4 Å². The van der Waals surface area contributed by atoms with Crippen molar-refractivity contribution in [2.75, 3.05) is 11.9 Å². The molecule has 14 heavy (non-hydrogen) atoms. The number of anilines is 1. The molecule has 0 aliphatic carbocycles. The number of aryl methyl sites for hydroxylation is 1. The van der Waals surface area contributed by atoms with Crippen LogP contribution in [0.3, 0.4) is 0 Å². The highest BCUT2D eigenvalue weighted by atomic mass is 79.9. The molecule has 2 rings (SSSR count). The molecule has 0 saturated carbocycles. The molecule has 0 radical (unpaired) electrons. The second-order valence-corrected chi connectivity index (χ2v) is 5.18. The fourth-order valence-electron chi connectivity index (χ4n) is 2.05. The topological polar surface area (TPSA) is 12.0 Å². The van der Waals surface area contributed by atoms with Gasteiger partial charge in [-0.15, -0.1) is 0 Å². The monoisotopic (exact) mass is 253 g/mol. The lowest BCUT2D eigenvalue weighted by Crippen LogP contribution is -2.22. The van der Waals surface area contributed by atoms with Crippen molar-refractivity contribution in [3.63, 3.8) is 0 Å². The first-order chi connectivity index (χ1) is 6.58. The maximum Gasteiger partial charge on any atom is 0.0526 e. The van der Waals surface area contributed by atoms with Gasteiger partial charge in [0.25, 0.3) is 0 Å². The van der Waals surface area contributed by atoms with E-state index in [0.717, 1.165) is 6.54 Å². The lowest BCUT2D eigenvalue weighted by atomic mass is 9.82. The predicted octanol–water partition coefficient (Wildman–Crippen LogP) is 3.85. The first-order valence-corrected chi connectivity index (χ1v) is 5.91. The van der Waals surface area contributed by atoms with E-state index in [1.165, 1.54) is 27.7 Å². The van der Waals surface area contributed by atoms with E-state index in [0.29, 0.717) is 5.41 Å². The van der Waals surface area contributed by atoms with Gasteiger partial charge < -0.3 is 5.32 Å². The number of hydrogen-bond donors (Lipinski definition) is 1. The number of fused-ring (bicyclic) bond motifs is 1. The fourth-order valence-corrected chi connectivity index (χ4v) is 2.54. The first-order valence-electron chi connectivity index (χ1n) is 5.12. The largest absolute Gasteiger partial charge is 0.383 e. The molecule has 1 N–H and O–H groups in total. The normalized spacial score (nSPS) is 24.6. The van der Waals surface area contributed by atoms with Crippen molar-refractivity contribution in [3.05, 3.63) is 27.7 Å². The van der Waals surface area contributed by atoms with Crippen LogP contribution in [0.15, 0.2) is 16.6 Å². The fraction of sp³-hybridized carbons (Fsp3) is 0.500. The Kier molecular flexibility index (Phi) is 2.34. The molecule has 0 fully saturated rings. The quantitative estimate of drug-likeness (QED) is 0.802. The number of halogens is 1. The molecular formula is C12H16BrN. The average Bonchev–Trinajstić information content (AvgIpc) is 2.52. The second kappa shape index (κ2) is 3.27. The van der Waals surface area contributed by atoms with E-state index in [4.69, 9.17) is 0 Å². The zero-order valence-corrected chi connectivity index (χ0v) is 10.5. The third kappa shape index (κ3) is 1.28. The van der Waals surface area contributed by atoms with Gasteiger partial charge in [-0.25, -0.2) is 0 Å². The van der Waals surface area contributed by atoms with E-state index in [9.17, 15) is 0 Å². The van der Waals surface area contributed by atoms with Crippen LogP contribution in [0.25, 0.3) is 0 Å². The van der Waals surface area contributed by atoms with Gasteiger partial charge in [0.05, 0.1) is 5.69 Å². The van der Waals surface area contributed by atoms with Crippen molar-refractivity contribution in [3.8, 4) is 0 Å². The Morgan fingerprint density at radius 1 is 1.50 bits per heavy atom. The summed E-state index contributed by atoms with van der Waals surface area (Å²) < 4.78 is 1.23. The standard InChI is InChI=1S/C12H16BrN/c1-4-12(3)7-14-11-9(12)6-5-8(2)10(11)13/h5-6,14H,4,7H2,1-3H3. The van der Waals surface area contributed by atoms with Crippen LogP contribution in [0.4, 0.5) is 5.69 Å². The van der Waals surface area contributed by atoms with Crippen LogP contribution in [-0.4, -0.2) is 6.54 Å². The van der Waals surface area contributed by atoms with Gasteiger partial charge in [0.15, 0.2) is 0 Å². The summed E-state index contributed by atoms with van der Waals surface area (Å²) in [5.41, 5.74) is 4.37. The van der Waals surface area contributed by atoms with E-state index in [-0.39, 0.29) is 0 Å². The molecule has 2 heteroatoms. The van der Waals surface area contributed by atoms with Gasteiger partial charge in [-0.2, -0.15) is 0 Å². The number of nitrogens with one attached hydrogen (secondary N) is 1. The lowest BCUT2D eigenvalue weighted by Gasteiger charge is -2.21. The molecular weight excluding hydrogens is 238 g/mol. The van der Waals surface area contributed by atoms with Crippen molar-refractivity contribution in [2.24, 2.45) is 0 Å². The van der Waals surface area contributed by atoms with Gasteiger partial charge in [-0.05, 0) is 40.4 Å². The minimum absolute atomic E-state index is 0.311. The van der Waals surface area contributed by atoms with Gasteiger partial charge in [-0.3, -0.25) is 0 Å². The van der Waals surface area contributed by atoms with Gasteiger partial charge in [-0.1, -0.05) is 26.0 Å². The molecule has 0 bridgehead atoms. The smallest absolute Gasteiger partial charge is 0.0526 e. The molecule has 1 atom stereocenters. The van der Waals surface area contributed by atoms with Crippen molar-refractivity contribution < 1.29 is 0 Å². The summed E-state index contributed by atoms with van der Waals surface area (Å²) in [4.78, 5) is 0. The molecule has 0 spiro atoms. The number of hydrogen-bond acceptors (Lipinski definition) is 1. The summed E-state index contributed by atoms with van der Waals surface area (Å²) in [6, 6.07) is 4.46.